The number of phenols is 1. The molecule has 0 aromatic heterocycles. The molecule has 5 rings (SSSR count). The van der Waals surface area contributed by atoms with Gasteiger partial charge < -0.3 is 14.9 Å². The zero-order chi connectivity index (χ0) is 31.1. The number of fused-ring (bicyclic) bond motifs is 1. The Bertz CT molecular complexity index is 1580. The van der Waals surface area contributed by atoms with Crippen LogP contribution in [0.4, 0.5) is 13.2 Å². The number of carbonyl (C=O) groups excluding carboxylic acids is 1. The lowest BCUT2D eigenvalue weighted by molar-refractivity contribution is -0.258. The van der Waals surface area contributed by atoms with E-state index in [1.54, 1.807) is 42.5 Å². The first kappa shape index (κ1) is 30.8. The van der Waals surface area contributed by atoms with Gasteiger partial charge in [0.25, 0.3) is 5.60 Å². The minimum Gasteiger partial charge on any atom is -0.507 e. The van der Waals surface area contributed by atoms with Gasteiger partial charge in [-0.25, -0.2) is 4.79 Å². The van der Waals surface area contributed by atoms with Crippen LogP contribution in [0.25, 0.3) is 22.3 Å². The fraction of sp³-hybridized carbons (Fsp3) is 0.286. The summed E-state index contributed by atoms with van der Waals surface area (Å²) in [4.78, 5) is 12.0. The summed E-state index contributed by atoms with van der Waals surface area (Å²) in [5.74, 6) is -1.63. The number of hydrogen-bond donors (Lipinski definition) is 2. The highest BCUT2D eigenvalue weighted by Gasteiger charge is 2.67. The van der Waals surface area contributed by atoms with Gasteiger partial charge in [0.1, 0.15) is 11.5 Å². The Labute approximate surface area is 244 Å². The summed E-state index contributed by atoms with van der Waals surface area (Å²) >= 11 is 0. The lowest BCUT2D eigenvalue weighted by Gasteiger charge is -2.25. The number of rotatable bonds is 2. The van der Waals surface area contributed by atoms with Crippen LogP contribution in [0.15, 0.2) is 91.0 Å². The summed E-state index contributed by atoms with van der Waals surface area (Å²) in [6.45, 7) is 12.0. The normalized spacial score (nSPS) is 16.8. The molecular formula is C35H35F3O4. The highest BCUT2D eigenvalue weighted by molar-refractivity contribution is 5.94. The van der Waals surface area contributed by atoms with Crippen molar-refractivity contribution in [2.45, 2.75) is 64.1 Å². The van der Waals surface area contributed by atoms with Gasteiger partial charge in [0, 0.05) is 16.7 Å². The Morgan fingerprint density at radius 2 is 1.14 bits per heavy atom. The molecule has 0 saturated heterocycles. The Balaban J connectivity index is 0.000000208. The second kappa shape index (κ2) is 11.0. The van der Waals surface area contributed by atoms with Crippen LogP contribution in [0.2, 0.25) is 0 Å². The van der Waals surface area contributed by atoms with Crippen molar-refractivity contribution in [3.63, 3.8) is 0 Å². The number of alkyl halides is 3. The van der Waals surface area contributed by atoms with Crippen LogP contribution in [-0.4, -0.2) is 22.4 Å². The molecule has 0 fully saturated rings. The standard InChI is InChI=1S/C19H17F3O3.C16H18O/c1-17(2,3)12-9-13(11-7-5-4-6-8-11)15-14(10-12)18(24,16(23)25-15)19(20,21)22;1-16(2,3)13-9-10-15(17)14(11-13)12-7-5-4-6-8-12/h4-10,24H,1-3H3;4-11,17H,1-3H3. The lowest BCUT2D eigenvalue weighted by atomic mass is 9.81. The van der Waals surface area contributed by atoms with E-state index in [1.165, 1.54) is 11.6 Å². The molecule has 0 spiro atoms. The summed E-state index contributed by atoms with van der Waals surface area (Å²) in [6.07, 6.45) is -5.18. The molecule has 1 aliphatic rings. The second-order valence-electron chi connectivity index (χ2n) is 12.5. The number of aromatic hydroxyl groups is 1. The van der Waals surface area contributed by atoms with Gasteiger partial charge in [0.2, 0.25) is 0 Å². The quantitative estimate of drug-likeness (QED) is 0.185. The van der Waals surface area contributed by atoms with Gasteiger partial charge in [-0.2, -0.15) is 13.2 Å². The van der Waals surface area contributed by atoms with E-state index in [9.17, 15) is 28.2 Å². The first-order valence-electron chi connectivity index (χ1n) is 13.6. The van der Waals surface area contributed by atoms with E-state index in [0.717, 1.165) is 11.1 Å². The number of aliphatic hydroxyl groups is 1. The number of esters is 1. The van der Waals surface area contributed by atoms with Gasteiger partial charge >= 0.3 is 12.1 Å². The van der Waals surface area contributed by atoms with Crippen LogP contribution in [0.5, 0.6) is 11.5 Å². The first-order valence-corrected chi connectivity index (χ1v) is 13.6. The van der Waals surface area contributed by atoms with Gasteiger partial charge in [0.15, 0.2) is 0 Å². The fourth-order valence-electron chi connectivity index (χ4n) is 4.67. The van der Waals surface area contributed by atoms with Crippen LogP contribution >= 0.6 is 0 Å². The van der Waals surface area contributed by atoms with E-state index in [1.807, 2.05) is 57.2 Å². The van der Waals surface area contributed by atoms with E-state index in [-0.39, 0.29) is 11.2 Å². The molecule has 0 amide bonds. The van der Waals surface area contributed by atoms with E-state index in [0.29, 0.717) is 22.4 Å². The summed E-state index contributed by atoms with van der Waals surface area (Å²) in [7, 11) is 0. The van der Waals surface area contributed by atoms with Crippen LogP contribution in [0.3, 0.4) is 0 Å². The predicted molar refractivity (Wildman–Crippen MR) is 158 cm³/mol. The highest BCUT2D eigenvalue weighted by Crippen LogP contribution is 2.52. The fourth-order valence-corrected chi connectivity index (χ4v) is 4.67. The first-order chi connectivity index (χ1) is 19.4. The van der Waals surface area contributed by atoms with Gasteiger partial charge in [-0.1, -0.05) is 108 Å². The molecule has 42 heavy (non-hydrogen) atoms. The van der Waals surface area contributed by atoms with Crippen LogP contribution in [-0.2, 0) is 21.2 Å². The van der Waals surface area contributed by atoms with Gasteiger partial charge in [-0.15, -0.1) is 0 Å². The van der Waals surface area contributed by atoms with Crippen molar-refractivity contribution < 1.29 is 32.9 Å². The average Bonchev–Trinajstić information content (AvgIpc) is 3.19. The maximum absolute atomic E-state index is 13.5. The molecule has 0 aliphatic carbocycles. The van der Waals surface area contributed by atoms with Crippen LogP contribution in [0, 0.1) is 0 Å². The largest absolute Gasteiger partial charge is 0.507 e. The predicted octanol–water partition coefficient (Wildman–Crippen LogP) is 8.68. The molecule has 0 radical (unpaired) electrons. The Hall–Kier alpha value is -4.10. The monoisotopic (exact) mass is 576 g/mol. The average molecular weight is 577 g/mol. The van der Waals surface area contributed by atoms with E-state index < -0.39 is 28.7 Å². The van der Waals surface area contributed by atoms with E-state index >= 15 is 0 Å². The molecule has 0 bridgehead atoms. The third kappa shape index (κ3) is 5.93. The van der Waals surface area contributed by atoms with Crippen LogP contribution in [0.1, 0.15) is 58.2 Å². The molecule has 0 saturated carbocycles. The number of phenolic OH excluding ortho intramolecular Hbond substituents is 1. The Morgan fingerprint density at radius 1 is 0.667 bits per heavy atom. The summed E-state index contributed by atoms with van der Waals surface area (Å²) in [5.41, 5.74) is 0.0763. The summed E-state index contributed by atoms with van der Waals surface area (Å²) in [6, 6.07) is 27.4. The molecule has 1 unspecified atom stereocenters. The number of carbonyl (C=O) groups is 1. The Morgan fingerprint density at radius 3 is 1.62 bits per heavy atom. The number of halogens is 3. The molecule has 2 N–H and O–H groups in total. The second-order valence-corrected chi connectivity index (χ2v) is 12.5. The maximum Gasteiger partial charge on any atom is 0.432 e. The zero-order valence-electron chi connectivity index (χ0n) is 24.5. The lowest BCUT2D eigenvalue weighted by Crippen LogP contribution is -2.47. The minimum atomic E-state index is -5.18. The number of hydrogen-bond acceptors (Lipinski definition) is 4. The molecule has 4 aromatic rings. The highest BCUT2D eigenvalue weighted by atomic mass is 19.4. The smallest absolute Gasteiger partial charge is 0.432 e. The van der Waals surface area contributed by atoms with Gasteiger partial charge in [0.05, 0.1) is 0 Å². The van der Waals surface area contributed by atoms with Gasteiger partial charge in [-0.05, 0) is 57.3 Å². The molecule has 1 aliphatic heterocycles. The molecule has 4 nitrogen and oxygen atoms in total. The van der Waals surface area contributed by atoms with E-state index in [2.05, 4.69) is 26.8 Å². The molecule has 1 atom stereocenters. The van der Waals surface area contributed by atoms with Crippen molar-refractivity contribution in [1.82, 2.24) is 0 Å². The van der Waals surface area contributed by atoms with Crippen molar-refractivity contribution in [2.75, 3.05) is 0 Å². The van der Waals surface area contributed by atoms with Crippen molar-refractivity contribution in [2.24, 2.45) is 0 Å². The van der Waals surface area contributed by atoms with E-state index in [4.69, 9.17) is 4.74 Å². The SMILES string of the molecule is CC(C)(C)c1cc(-c2ccccc2)c2c(c1)C(O)(C(F)(F)F)C(=O)O2.CC(C)(C)c1ccc(O)c(-c2ccccc2)c1. The van der Waals surface area contributed by atoms with Crippen molar-refractivity contribution in [3.8, 4) is 33.8 Å². The Kier molecular flexibility index (Phi) is 8.04. The summed E-state index contributed by atoms with van der Waals surface area (Å²) < 4.78 is 45.4. The van der Waals surface area contributed by atoms with Crippen molar-refractivity contribution >= 4 is 5.97 Å². The maximum atomic E-state index is 13.5. The van der Waals surface area contributed by atoms with Crippen molar-refractivity contribution in [1.29, 1.82) is 0 Å². The molecule has 1 heterocycles. The summed E-state index contributed by atoms with van der Waals surface area (Å²) in [5, 5.41) is 20.2. The molecular weight excluding hydrogens is 541 g/mol. The minimum absolute atomic E-state index is 0.0945. The molecule has 220 valence electrons. The zero-order valence-corrected chi connectivity index (χ0v) is 24.5. The molecule has 4 aromatic carbocycles. The molecule has 7 heteroatoms. The van der Waals surface area contributed by atoms with Crippen molar-refractivity contribution in [3.05, 3.63) is 108 Å². The number of ether oxygens (including phenoxy) is 1. The topological polar surface area (TPSA) is 66.8 Å². The third-order valence-corrected chi connectivity index (χ3v) is 7.28. The van der Waals surface area contributed by atoms with Gasteiger partial charge in [-0.3, -0.25) is 0 Å². The van der Waals surface area contributed by atoms with Crippen LogP contribution < -0.4 is 4.74 Å². The number of benzene rings is 4. The third-order valence-electron chi connectivity index (χ3n) is 7.28.